The fourth-order valence-electron chi connectivity index (χ4n) is 10.0. The zero-order chi connectivity index (χ0) is 36.2. The monoisotopic (exact) mass is 691 g/mol. The summed E-state index contributed by atoms with van der Waals surface area (Å²) in [5.41, 5.74) is 20.0. The second kappa shape index (κ2) is 11.2. The van der Waals surface area contributed by atoms with Crippen molar-refractivity contribution < 1.29 is 5.11 Å². The van der Waals surface area contributed by atoms with E-state index in [9.17, 15) is 5.11 Å². The molecule has 0 atom stereocenters. The van der Waals surface area contributed by atoms with Crippen LogP contribution >= 0.6 is 0 Å². The van der Waals surface area contributed by atoms with Crippen molar-refractivity contribution in [2.45, 2.75) is 24.7 Å². The van der Waals surface area contributed by atoms with E-state index in [-0.39, 0.29) is 11.2 Å². The Labute approximate surface area is 316 Å². The first-order valence-electron chi connectivity index (χ1n) is 18.8. The molecule has 0 saturated carbocycles. The molecule has 0 saturated heterocycles. The molecule has 2 nitrogen and oxygen atoms in total. The van der Waals surface area contributed by atoms with E-state index in [1.807, 2.05) is 12.1 Å². The molecular formula is C52H37NO. The van der Waals surface area contributed by atoms with Crippen molar-refractivity contribution in [3.05, 3.63) is 215 Å². The van der Waals surface area contributed by atoms with Gasteiger partial charge in [0, 0.05) is 22.4 Å². The molecule has 256 valence electrons. The van der Waals surface area contributed by atoms with Crippen LogP contribution in [0.1, 0.15) is 47.2 Å². The molecule has 11 rings (SSSR count). The Morgan fingerprint density at radius 1 is 0.389 bits per heavy atom. The van der Waals surface area contributed by atoms with Crippen molar-refractivity contribution in [3.63, 3.8) is 0 Å². The van der Waals surface area contributed by atoms with Gasteiger partial charge in [-0.3, -0.25) is 0 Å². The number of anilines is 3. The summed E-state index contributed by atoms with van der Waals surface area (Å²) in [7, 11) is 0. The van der Waals surface area contributed by atoms with Gasteiger partial charge in [-0.2, -0.15) is 0 Å². The fraction of sp³-hybridized carbons (Fsp3) is 0.0769. The van der Waals surface area contributed by atoms with Gasteiger partial charge in [0.1, 0.15) is 5.75 Å². The van der Waals surface area contributed by atoms with Crippen LogP contribution in [0.25, 0.3) is 44.5 Å². The Hall–Kier alpha value is -6.64. The second-order valence-electron chi connectivity index (χ2n) is 15.4. The molecule has 0 bridgehead atoms. The topological polar surface area (TPSA) is 23.5 Å². The molecule has 1 spiro atoms. The van der Waals surface area contributed by atoms with Crippen LogP contribution in [0, 0.1) is 0 Å². The number of phenolic OH excluding ortho intramolecular Hbond substituents is 1. The first-order chi connectivity index (χ1) is 26.5. The van der Waals surface area contributed by atoms with Crippen LogP contribution in [0.4, 0.5) is 17.1 Å². The van der Waals surface area contributed by atoms with E-state index in [2.05, 4.69) is 189 Å². The van der Waals surface area contributed by atoms with Crippen LogP contribution in [0.5, 0.6) is 5.75 Å². The highest BCUT2D eigenvalue weighted by Crippen LogP contribution is 2.65. The third-order valence-corrected chi connectivity index (χ3v) is 12.4. The zero-order valence-corrected chi connectivity index (χ0v) is 30.2. The van der Waals surface area contributed by atoms with Crippen LogP contribution in [0.2, 0.25) is 0 Å². The number of hydrogen-bond donors (Lipinski definition) is 1. The molecule has 0 fully saturated rings. The molecule has 2 heteroatoms. The maximum atomic E-state index is 11.2. The van der Waals surface area contributed by atoms with E-state index < -0.39 is 5.41 Å². The van der Waals surface area contributed by atoms with Gasteiger partial charge in [0.15, 0.2) is 0 Å². The molecule has 3 aliphatic rings. The zero-order valence-electron chi connectivity index (χ0n) is 30.2. The lowest BCUT2D eigenvalue weighted by Crippen LogP contribution is -2.26. The van der Waals surface area contributed by atoms with Crippen LogP contribution < -0.4 is 4.90 Å². The molecule has 0 aromatic heterocycles. The summed E-state index contributed by atoms with van der Waals surface area (Å²) in [5, 5.41) is 11.2. The van der Waals surface area contributed by atoms with Crippen molar-refractivity contribution in [1.29, 1.82) is 0 Å². The minimum Gasteiger partial charge on any atom is -0.508 e. The van der Waals surface area contributed by atoms with E-state index in [4.69, 9.17) is 0 Å². The molecular weight excluding hydrogens is 655 g/mol. The number of nitrogens with zero attached hydrogens (tertiary/aromatic N) is 1. The summed E-state index contributed by atoms with van der Waals surface area (Å²) in [6, 6.07) is 65.9. The summed E-state index contributed by atoms with van der Waals surface area (Å²) in [6.07, 6.45) is 0. The number of benzene rings is 8. The summed E-state index contributed by atoms with van der Waals surface area (Å²) in [6.45, 7) is 4.70. The van der Waals surface area contributed by atoms with Gasteiger partial charge < -0.3 is 10.0 Å². The van der Waals surface area contributed by atoms with Gasteiger partial charge in [-0.15, -0.1) is 0 Å². The van der Waals surface area contributed by atoms with Crippen molar-refractivity contribution in [2.24, 2.45) is 0 Å². The largest absolute Gasteiger partial charge is 0.508 e. The molecule has 0 radical (unpaired) electrons. The fourth-order valence-corrected chi connectivity index (χ4v) is 10.0. The summed E-state index contributed by atoms with van der Waals surface area (Å²) < 4.78 is 0. The first kappa shape index (κ1) is 30.9. The molecule has 8 aromatic rings. The second-order valence-corrected chi connectivity index (χ2v) is 15.4. The van der Waals surface area contributed by atoms with Gasteiger partial charge in [0.05, 0.1) is 11.1 Å². The lowest BCUT2D eigenvalue weighted by molar-refractivity contribution is 0.474. The number of hydrogen-bond acceptors (Lipinski definition) is 2. The van der Waals surface area contributed by atoms with Crippen molar-refractivity contribution in [1.82, 2.24) is 0 Å². The Balaban J connectivity index is 1.19. The van der Waals surface area contributed by atoms with Crippen LogP contribution in [0.15, 0.2) is 182 Å². The summed E-state index contributed by atoms with van der Waals surface area (Å²) in [5.74, 6) is 0.276. The maximum Gasteiger partial charge on any atom is 0.115 e. The highest BCUT2D eigenvalue weighted by molar-refractivity contribution is 6.01. The van der Waals surface area contributed by atoms with Crippen molar-refractivity contribution in [3.8, 4) is 50.3 Å². The van der Waals surface area contributed by atoms with E-state index in [1.54, 1.807) is 0 Å². The number of aromatic hydroxyl groups is 1. The normalized spacial score (nSPS) is 14.5. The predicted octanol–water partition coefficient (Wildman–Crippen LogP) is 13.2. The average Bonchev–Trinajstić information content (AvgIpc) is 3.77. The minimum absolute atomic E-state index is 0.144. The highest BCUT2D eigenvalue weighted by Gasteiger charge is 2.52. The van der Waals surface area contributed by atoms with Gasteiger partial charge in [-0.25, -0.2) is 0 Å². The first-order valence-corrected chi connectivity index (χ1v) is 18.8. The smallest absolute Gasteiger partial charge is 0.115 e. The molecule has 54 heavy (non-hydrogen) atoms. The van der Waals surface area contributed by atoms with E-state index >= 15 is 0 Å². The third kappa shape index (κ3) is 4.06. The summed E-state index contributed by atoms with van der Waals surface area (Å²) >= 11 is 0. The minimum atomic E-state index is -0.572. The van der Waals surface area contributed by atoms with Crippen molar-refractivity contribution >= 4 is 17.1 Å². The van der Waals surface area contributed by atoms with E-state index in [1.165, 1.54) is 66.8 Å². The quantitative estimate of drug-likeness (QED) is 0.199. The predicted molar refractivity (Wildman–Crippen MR) is 222 cm³/mol. The molecule has 1 N–H and O–H groups in total. The van der Waals surface area contributed by atoms with Crippen LogP contribution in [-0.2, 0) is 10.8 Å². The van der Waals surface area contributed by atoms with E-state index in [0.717, 1.165) is 28.2 Å². The molecule has 0 aliphatic heterocycles. The molecule has 8 aromatic carbocycles. The van der Waals surface area contributed by atoms with E-state index in [0.29, 0.717) is 0 Å². The Morgan fingerprint density at radius 3 is 1.63 bits per heavy atom. The Kier molecular flexibility index (Phi) is 6.41. The molecule has 3 aliphatic carbocycles. The lowest BCUT2D eigenvalue weighted by Gasteiger charge is -2.32. The number of rotatable bonds is 4. The Bertz CT molecular complexity index is 2770. The van der Waals surface area contributed by atoms with Gasteiger partial charge in [0.2, 0.25) is 0 Å². The highest BCUT2D eigenvalue weighted by atomic mass is 16.3. The maximum absolute atomic E-state index is 11.2. The van der Waals surface area contributed by atoms with Gasteiger partial charge in [0.25, 0.3) is 0 Å². The molecule has 0 amide bonds. The summed E-state index contributed by atoms with van der Waals surface area (Å²) in [4.78, 5) is 2.45. The van der Waals surface area contributed by atoms with Crippen LogP contribution in [0.3, 0.4) is 0 Å². The average molecular weight is 692 g/mol. The standard InChI is InChI=1S/C52H37NO/c1-51(2)43-18-9-6-15-38(43)41-29-27-36(31-47(41)51)53(35-25-23-34(24-26-35)33-13-4-3-5-14-33)49-22-12-21-46-50(49)42-30-28-37(54)32-48(42)52(46)44-19-10-7-16-39(44)40-17-8-11-20-45(40)52/h3-32,54H,1-2H3. The lowest BCUT2D eigenvalue weighted by atomic mass is 9.70. The van der Waals surface area contributed by atoms with Crippen LogP contribution in [-0.4, -0.2) is 5.11 Å². The SMILES string of the molecule is CC1(C)c2ccccc2-c2ccc(N(c3ccc(-c4ccccc4)cc3)c3cccc4c3-c3ccc(O)cc3C43c4ccccc4-c4ccccc43)cc21. The molecule has 0 heterocycles. The number of phenols is 1. The number of fused-ring (bicyclic) bond motifs is 13. The third-order valence-electron chi connectivity index (χ3n) is 12.4. The van der Waals surface area contributed by atoms with Gasteiger partial charge in [-0.05, 0) is 115 Å². The van der Waals surface area contributed by atoms with Gasteiger partial charge >= 0.3 is 0 Å². The Morgan fingerprint density at radius 2 is 0.926 bits per heavy atom. The van der Waals surface area contributed by atoms with Gasteiger partial charge in [-0.1, -0.05) is 153 Å². The molecule has 0 unspecified atom stereocenters. The van der Waals surface area contributed by atoms with Crippen molar-refractivity contribution in [2.75, 3.05) is 4.90 Å².